The van der Waals surface area contributed by atoms with E-state index in [2.05, 4.69) is 26.1 Å². The predicted molar refractivity (Wildman–Crippen MR) is 82.9 cm³/mol. The highest BCUT2D eigenvalue weighted by atomic mass is 16.5. The molecular formula is C16H26N2O2. The summed E-state index contributed by atoms with van der Waals surface area (Å²) in [6.45, 7) is 6.87. The Labute approximate surface area is 121 Å². The minimum Gasteiger partial charge on any atom is -0.491 e. The molecule has 1 aromatic carbocycles. The molecule has 0 bridgehead atoms. The zero-order valence-electron chi connectivity index (χ0n) is 12.7. The molecule has 4 nitrogen and oxygen atoms in total. The van der Waals surface area contributed by atoms with E-state index in [0.29, 0.717) is 30.4 Å². The van der Waals surface area contributed by atoms with Crippen LogP contribution in [0.2, 0.25) is 0 Å². The van der Waals surface area contributed by atoms with Crippen molar-refractivity contribution in [1.82, 2.24) is 0 Å². The van der Waals surface area contributed by atoms with Crippen molar-refractivity contribution < 1.29 is 9.53 Å². The number of benzene rings is 1. The van der Waals surface area contributed by atoms with E-state index in [-0.39, 0.29) is 5.91 Å². The molecule has 4 heteroatoms. The summed E-state index contributed by atoms with van der Waals surface area (Å²) in [5, 5.41) is 2.85. The van der Waals surface area contributed by atoms with Crippen LogP contribution in [0.4, 0.5) is 5.69 Å². The van der Waals surface area contributed by atoms with Gasteiger partial charge in [-0.15, -0.1) is 0 Å². The lowest BCUT2D eigenvalue weighted by atomic mass is 10.1. The van der Waals surface area contributed by atoms with Crippen LogP contribution in [0, 0.1) is 5.92 Å². The number of ether oxygens (including phenoxy) is 1. The maximum atomic E-state index is 12.0. The monoisotopic (exact) mass is 278 g/mol. The zero-order valence-corrected chi connectivity index (χ0v) is 12.7. The van der Waals surface area contributed by atoms with Crippen molar-refractivity contribution >= 4 is 11.6 Å². The summed E-state index contributed by atoms with van der Waals surface area (Å²) in [5.41, 5.74) is 6.56. The Kier molecular flexibility index (Phi) is 7.09. The van der Waals surface area contributed by atoms with Crippen molar-refractivity contribution in [2.75, 3.05) is 11.9 Å². The molecule has 0 radical (unpaired) electrons. The molecule has 0 aromatic heterocycles. The average molecular weight is 278 g/mol. The second-order valence-corrected chi connectivity index (χ2v) is 5.44. The fourth-order valence-electron chi connectivity index (χ4n) is 1.73. The minimum atomic E-state index is -0.465. The van der Waals surface area contributed by atoms with Gasteiger partial charge in [0.2, 0.25) is 5.91 Å². The predicted octanol–water partition coefficient (Wildman–Crippen LogP) is 3.18. The van der Waals surface area contributed by atoms with Crippen LogP contribution < -0.4 is 15.8 Å². The largest absolute Gasteiger partial charge is 0.491 e. The van der Waals surface area contributed by atoms with Crippen LogP contribution in [0.5, 0.6) is 5.75 Å². The number of carbonyl (C=O) groups excluding carboxylic acids is 1. The van der Waals surface area contributed by atoms with Crippen LogP contribution >= 0.6 is 0 Å². The average Bonchev–Trinajstić information content (AvgIpc) is 2.43. The standard InChI is InChI=1S/C16H26N2O2/c1-4-5-8-13(17)16(19)18-14-9-6-7-10-15(14)20-11-12(2)3/h6-7,9-10,12-13H,4-5,8,11,17H2,1-3H3,(H,18,19)/t13-/m0/s1. The number of amides is 1. The number of nitrogens with one attached hydrogen (secondary N) is 1. The molecule has 0 aliphatic heterocycles. The molecule has 1 aromatic rings. The van der Waals surface area contributed by atoms with Gasteiger partial charge >= 0.3 is 0 Å². The van der Waals surface area contributed by atoms with Crippen molar-refractivity contribution in [2.24, 2.45) is 11.7 Å². The number of hydrogen-bond donors (Lipinski definition) is 2. The fourth-order valence-corrected chi connectivity index (χ4v) is 1.73. The van der Waals surface area contributed by atoms with Crippen LogP contribution in [0.1, 0.15) is 40.0 Å². The molecule has 3 N–H and O–H groups in total. The maximum absolute atomic E-state index is 12.0. The van der Waals surface area contributed by atoms with Gasteiger partial charge in [-0.05, 0) is 24.5 Å². The SMILES string of the molecule is CCCC[C@H](N)C(=O)Nc1ccccc1OCC(C)C. The molecule has 0 heterocycles. The van der Waals surface area contributed by atoms with Crippen LogP contribution in [0.3, 0.4) is 0 Å². The second-order valence-electron chi connectivity index (χ2n) is 5.44. The minimum absolute atomic E-state index is 0.154. The summed E-state index contributed by atoms with van der Waals surface area (Å²) in [4.78, 5) is 12.0. The zero-order chi connectivity index (χ0) is 15.0. The third-order valence-corrected chi connectivity index (χ3v) is 2.92. The lowest BCUT2D eigenvalue weighted by molar-refractivity contribution is -0.117. The van der Waals surface area contributed by atoms with Gasteiger partial charge in [-0.1, -0.05) is 45.7 Å². The molecular weight excluding hydrogens is 252 g/mol. The molecule has 0 aliphatic rings. The van der Waals surface area contributed by atoms with Crippen molar-refractivity contribution in [3.63, 3.8) is 0 Å². The second kappa shape index (κ2) is 8.59. The van der Waals surface area contributed by atoms with Crippen LogP contribution in [-0.4, -0.2) is 18.6 Å². The van der Waals surface area contributed by atoms with Gasteiger partial charge in [-0.2, -0.15) is 0 Å². The molecule has 20 heavy (non-hydrogen) atoms. The van der Waals surface area contributed by atoms with E-state index in [4.69, 9.17) is 10.5 Å². The number of anilines is 1. The molecule has 0 saturated heterocycles. The van der Waals surface area contributed by atoms with E-state index in [9.17, 15) is 4.79 Å². The Morgan fingerprint density at radius 1 is 1.35 bits per heavy atom. The molecule has 0 spiro atoms. The van der Waals surface area contributed by atoms with Gasteiger partial charge in [-0.3, -0.25) is 4.79 Å². The topological polar surface area (TPSA) is 64.4 Å². The van der Waals surface area contributed by atoms with Crippen molar-refractivity contribution in [1.29, 1.82) is 0 Å². The molecule has 1 rings (SSSR count). The van der Waals surface area contributed by atoms with Crippen LogP contribution in [-0.2, 0) is 4.79 Å². The first-order chi connectivity index (χ1) is 9.54. The van der Waals surface area contributed by atoms with Gasteiger partial charge in [0, 0.05) is 0 Å². The highest BCUT2D eigenvalue weighted by molar-refractivity contribution is 5.95. The quantitative estimate of drug-likeness (QED) is 0.767. The summed E-state index contributed by atoms with van der Waals surface area (Å²) in [5.74, 6) is 0.974. The highest BCUT2D eigenvalue weighted by Gasteiger charge is 2.14. The highest BCUT2D eigenvalue weighted by Crippen LogP contribution is 2.24. The van der Waals surface area contributed by atoms with Gasteiger partial charge in [0.25, 0.3) is 0 Å². The number of unbranched alkanes of at least 4 members (excludes halogenated alkanes) is 1. The number of para-hydroxylation sites is 2. The Hall–Kier alpha value is -1.55. The molecule has 0 aliphatic carbocycles. The Balaban J connectivity index is 2.64. The van der Waals surface area contributed by atoms with Crippen molar-refractivity contribution in [2.45, 2.75) is 46.1 Å². The maximum Gasteiger partial charge on any atom is 0.241 e. The first-order valence-electron chi connectivity index (χ1n) is 7.32. The third-order valence-electron chi connectivity index (χ3n) is 2.92. The van der Waals surface area contributed by atoms with E-state index in [1.54, 1.807) is 0 Å². The summed E-state index contributed by atoms with van der Waals surface area (Å²) >= 11 is 0. The number of nitrogens with two attached hydrogens (primary N) is 1. The first kappa shape index (κ1) is 16.5. The van der Waals surface area contributed by atoms with Gasteiger partial charge in [0.15, 0.2) is 0 Å². The number of hydrogen-bond acceptors (Lipinski definition) is 3. The van der Waals surface area contributed by atoms with E-state index in [1.165, 1.54) is 0 Å². The molecule has 0 saturated carbocycles. The van der Waals surface area contributed by atoms with Gasteiger partial charge < -0.3 is 15.8 Å². The van der Waals surface area contributed by atoms with Gasteiger partial charge in [0.05, 0.1) is 18.3 Å². The summed E-state index contributed by atoms with van der Waals surface area (Å²) in [6, 6.07) is 6.99. The lowest BCUT2D eigenvalue weighted by Crippen LogP contribution is -2.35. The molecule has 112 valence electrons. The first-order valence-corrected chi connectivity index (χ1v) is 7.32. The van der Waals surface area contributed by atoms with Gasteiger partial charge in [-0.25, -0.2) is 0 Å². The molecule has 1 amide bonds. The van der Waals surface area contributed by atoms with E-state index in [1.807, 2.05) is 24.3 Å². The Morgan fingerprint density at radius 3 is 2.70 bits per heavy atom. The normalized spacial score (nSPS) is 12.2. The fraction of sp³-hybridized carbons (Fsp3) is 0.562. The summed E-state index contributed by atoms with van der Waals surface area (Å²) < 4.78 is 5.70. The van der Waals surface area contributed by atoms with Crippen molar-refractivity contribution in [3.05, 3.63) is 24.3 Å². The molecule has 0 fully saturated rings. The summed E-state index contributed by atoms with van der Waals surface area (Å²) in [7, 11) is 0. The van der Waals surface area contributed by atoms with E-state index in [0.717, 1.165) is 12.8 Å². The van der Waals surface area contributed by atoms with Gasteiger partial charge in [0.1, 0.15) is 5.75 Å². The lowest BCUT2D eigenvalue weighted by Gasteiger charge is -2.16. The van der Waals surface area contributed by atoms with Crippen LogP contribution in [0.15, 0.2) is 24.3 Å². The summed E-state index contributed by atoms with van der Waals surface area (Å²) in [6.07, 6.45) is 2.70. The smallest absolute Gasteiger partial charge is 0.241 e. The Bertz CT molecular complexity index is 419. The Morgan fingerprint density at radius 2 is 2.05 bits per heavy atom. The van der Waals surface area contributed by atoms with Crippen molar-refractivity contribution in [3.8, 4) is 5.75 Å². The van der Waals surface area contributed by atoms with Crippen LogP contribution in [0.25, 0.3) is 0 Å². The molecule has 0 unspecified atom stereocenters. The number of carbonyl (C=O) groups is 1. The third kappa shape index (κ3) is 5.61. The number of rotatable bonds is 8. The van der Waals surface area contributed by atoms with E-state index < -0.39 is 6.04 Å². The van der Waals surface area contributed by atoms with E-state index >= 15 is 0 Å². The molecule has 1 atom stereocenters.